The second kappa shape index (κ2) is 7.26. The molecule has 1 aliphatic carbocycles. The van der Waals surface area contributed by atoms with Crippen molar-refractivity contribution in [1.82, 2.24) is 9.80 Å². The molecular formula is C17H31N3O. The van der Waals surface area contributed by atoms with E-state index in [0.717, 1.165) is 32.2 Å². The van der Waals surface area contributed by atoms with Gasteiger partial charge in [0.2, 0.25) is 5.91 Å². The van der Waals surface area contributed by atoms with Crippen LogP contribution >= 0.6 is 0 Å². The Morgan fingerprint density at radius 3 is 2.00 bits per heavy atom. The van der Waals surface area contributed by atoms with Crippen LogP contribution in [-0.2, 0) is 4.79 Å². The van der Waals surface area contributed by atoms with Crippen LogP contribution in [0.15, 0.2) is 0 Å². The summed E-state index contributed by atoms with van der Waals surface area (Å²) in [7, 11) is 6.05. The van der Waals surface area contributed by atoms with Crippen molar-refractivity contribution in [3.8, 4) is 6.07 Å². The molecule has 0 aromatic heterocycles. The third-order valence-corrected chi connectivity index (χ3v) is 5.09. The van der Waals surface area contributed by atoms with Crippen LogP contribution in [0.1, 0.15) is 58.8 Å². The van der Waals surface area contributed by atoms with Gasteiger partial charge in [0.15, 0.2) is 0 Å². The Morgan fingerprint density at radius 2 is 1.71 bits per heavy atom. The first-order valence-electron chi connectivity index (χ1n) is 8.21. The fourth-order valence-electron chi connectivity index (χ4n) is 3.56. The van der Waals surface area contributed by atoms with Gasteiger partial charge in [-0.3, -0.25) is 4.79 Å². The lowest BCUT2D eigenvalue weighted by molar-refractivity contribution is -0.141. The molecule has 120 valence electrons. The molecule has 0 heterocycles. The van der Waals surface area contributed by atoms with Gasteiger partial charge in [-0.1, -0.05) is 26.7 Å². The first kappa shape index (κ1) is 18.0. The number of hydrogen-bond donors (Lipinski definition) is 0. The maximum atomic E-state index is 12.9. The van der Waals surface area contributed by atoms with Crippen molar-refractivity contribution in [1.29, 1.82) is 5.26 Å². The average molecular weight is 293 g/mol. The Balaban J connectivity index is 2.86. The molecule has 0 saturated heterocycles. The molecular weight excluding hydrogens is 262 g/mol. The van der Waals surface area contributed by atoms with Crippen LogP contribution < -0.4 is 0 Å². The van der Waals surface area contributed by atoms with Crippen molar-refractivity contribution in [2.24, 2.45) is 5.41 Å². The topological polar surface area (TPSA) is 47.3 Å². The summed E-state index contributed by atoms with van der Waals surface area (Å²) in [5.41, 5.74) is -0.709. The van der Waals surface area contributed by atoms with E-state index in [1.165, 1.54) is 6.42 Å². The predicted octanol–water partition coefficient (Wildman–Crippen LogP) is 3.04. The van der Waals surface area contributed by atoms with E-state index in [1.807, 2.05) is 25.8 Å². The van der Waals surface area contributed by atoms with Gasteiger partial charge in [0.25, 0.3) is 0 Å². The fraction of sp³-hybridized carbons (Fsp3) is 0.882. The summed E-state index contributed by atoms with van der Waals surface area (Å²) in [6, 6.07) is 2.34. The van der Waals surface area contributed by atoms with Crippen LogP contribution in [0.3, 0.4) is 0 Å². The summed E-state index contributed by atoms with van der Waals surface area (Å²) >= 11 is 0. The minimum Gasteiger partial charge on any atom is -0.343 e. The van der Waals surface area contributed by atoms with E-state index >= 15 is 0 Å². The molecule has 1 saturated carbocycles. The average Bonchev–Trinajstić information content (AvgIpc) is 2.40. The van der Waals surface area contributed by atoms with Gasteiger partial charge >= 0.3 is 0 Å². The van der Waals surface area contributed by atoms with Gasteiger partial charge < -0.3 is 9.80 Å². The third kappa shape index (κ3) is 3.58. The summed E-state index contributed by atoms with van der Waals surface area (Å²) in [5, 5.41) is 9.63. The van der Waals surface area contributed by atoms with Crippen LogP contribution in [0.25, 0.3) is 0 Å². The molecule has 0 aliphatic heterocycles. The van der Waals surface area contributed by atoms with Crippen molar-refractivity contribution >= 4 is 5.91 Å². The Bertz CT molecular complexity index is 387. The van der Waals surface area contributed by atoms with Gasteiger partial charge in [-0.15, -0.1) is 0 Å². The Morgan fingerprint density at radius 1 is 1.19 bits per heavy atom. The van der Waals surface area contributed by atoms with Crippen molar-refractivity contribution < 1.29 is 4.79 Å². The zero-order chi connectivity index (χ0) is 16.1. The van der Waals surface area contributed by atoms with Crippen molar-refractivity contribution in [2.45, 2.75) is 64.3 Å². The maximum Gasteiger partial charge on any atom is 0.242 e. The Labute approximate surface area is 130 Å². The highest BCUT2D eigenvalue weighted by Crippen LogP contribution is 2.38. The summed E-state index contributed by atoms with van der Waals surface area (Å²) in [5.74, 6) is 0.0156. The minimum absolute atomic E-state index is 0.0156. The summed E-state index contributed by atoms with van der Waals surface area (Å²) < 4.78 is 0. The van der Waals surface area contributed by atoms with E-state index in [2.05, 4.69) is 25.1 Å². The molecule has 0 bridgehead atoms. The fourth-order valence-corrected chi connectivity index (χ4v) is 3.56. The predicted molar refractivity (Wildman–Crippen MR) is 85.8 cm³/mol. The number of hydrogen-bond acceptors (Lipinski definition) is 3. The summed E-state index contributed by atoms with van der Waals surface area (Å²) in [4.78, 5) is 17.0. The molecule has 0 aromatic rings. The standard InChI is InChI=1S/C17H31N3O/c1-6-9-16(13-18,10-7-2)15(21)20(5)14-17(19(3)4)11-8-12-17/h6-12,14H2,1-5H3. The first-order valence-corrected chi connectivity index (χ1v) is 8.21. The van der Waals surface area contributed by atoms with Crippen LogP contribution in [0, 0.1) is 16.7 Å². The third-order valence-electron chi connectivity index (χ3n) is 5.09. The van der Waals surface area contributed by atoms with Gasteiger partial charge in [0.05, 0.1) is 6.07 Å². The summed E-state index contributed by atoms with van der Waals surface area (Å²) in [6.07, 6.45) is 6.56. The van der Waals surface area contributed by atoms with Crippen LogP contribution in [0.4, 0.5) is 0 Å². The SMILES string of the molecule is CCCC(C#N)(CCC)C(=O)N(C)CC1(N(C)C)CCC1. The highest BCUT2D eigenvalue weighted by molar-refractivity contribution is 5.85. The molecule has 4 heteroatoms. The highest BCUT2D eigenvalue weighted by atomic mass is 16.2. The molecule has 0 radical (unpaired) electrons. The number of likely N-dealkylation sites (N-methyl/N-ethyl adjacent to an activating group) is 2. The minimum atomic E-state index is -0.824. The number of carbonyl (C=O) groups excluding carboxylic acids is 1. The molecule has 21 heavy (non-hydrogen) atoms. The Kier molecular flexibility index (Phi) is 6.22. The van der Waals surface area contributed by atoms with Crippen LogP contribution in [0.2, 0.25) is 0 Å². The molecule has 1 rings (SSSR count). The molecule has 1 amide bonds. The number of rotatable bonds is 8. The Hall–Kier alpha value is -1.08. The van der Waals surface area contributed by atoms with E-state index in [9.17, 15) is 10.1 Å². The number of carbonyl (C=O) groups is 1. The van der Waals surface area contributed by atoms with Gasteiger partial charge in [-0.2, -0.15) is 5.26 Å². The number of nitrogens with zero attached hydrogens (tertiary/aromatic N) is 3. The molecule has 0 N–H and O–H groups in total. The van der Waals surface area contributed by atoms with E-state index in [-0.39, 0.29) is 11.4 Å². The van der Waals surface area contributed by atoms with Gasteiger partial charge in [0.1, 0.15) is 5.41 Å². The second-order valence-electron chi connectivity index (χ2n) is 6.83. The van der Waals surface area contributed by atoms with E-state index < -0.39 is 5.41 Å². The van der Waals surface area contributed by atoms with Gasteiger partial charge in [-0.05, 0) is 46.2 Å². The number of amides is 1. The normalized spacial score (nSPS) is 17.2. The monoisotopic (exact) mass is 293 g/mol. The highest BCUT2D eigenvalue weighted by Gasteiger charge is 2.44. The van der Waals surface area contributed by atoms with Crippen molar-refractivity contribution in [3.63, 3.8) is 0 Å². The smallest absolute Gasteiger partial charge is 0.242 e. The van der Waals surface area contributed by atoms with Gasteiger partial charge in [-0.25, -0.2) is 0 Å². The lowest BCUT2D eigenvalue weighted by atomic mass is 9.74. The molecule has 0 spiro atoms. The first-order chi connectivity index (χ1) is 9.87. The van der Waals surface area contributed by atoms with Crippen LogP contribution in [0.5, 0.6) is 0 Å². The van der Waals surface area contributed by atoms with Crippen LogP contribution in [-0.4, -0.2) is 48.9 Å². The lowest BCUT2D eigenvalue weighted by Crippen LogP contribution is -2.58. The number of nitriles is 1. The zero-order valence-electron chi connectivity index (χ0n) is 14.4. The molecule has 1 aliphatic rings. The second-order valence-corrected chi connectivity index (χ2v) is 6.83. The maximum absolute atomic E-state index is 12.9. The van der Waals surface area contributed by atoms with Crippen molar-refractivity contribution in [3.05, 3.63) is 0 Å². The van der Waals surface area contributed by atoms with E-state index in [0.29, 0.717) is 12.8 Å². The molecule has 0 atom stereocenters. The zero-order valence-corrected chi connectivity index (χ0v) is 14.4. The molecule has 0 aromatic carbocycles. The van der Waals surface area contributed by atoms with Crippen molar-refractivity contribution in [2.75, 3.05) is 27.7 Å². The summed E-state index contributed by atoms with van der Waals surface area (Å²) in [6.45, 7) is 4.82. The molecule has 0 unspecified atom stereocenters. The van der Waals surface area contributed by atoms with Gasteiger partial charge in [0, 0.05) is 19.1 Å². The van der Waals surface area contributed by atoms with E-state index in [1.54, 1.807) is 0 Å². The quantitative estimate of drug-likeness (QED) is 0.691. The lowest BCUT2D eigenvalue weighted by Gasteiger charge is -2.49. The largest absolute Gasteiger partial charge is 0.343 e. The molecule has 1 fully saturated rings. The molecule has 4 nitrogen and oxygen atoms in total. The van der Waals surface area contributed by atoms with E-state index in [4.69, 9.17) is 0 Å².